The van der Waals surface area contributed by atoms with Crippen LogP contribution in [0.1, 0.15) is 42.9 Å². The van der Waals surface area contributed by atoms with E-state index in [1.54, 1.807) is 0 Å². The van der Waals surface area contributed by atoms with Gasteiger partial charge in [-0.15, -0.1) is 0 Å². The highest BCUT2D eigenvalue weighted by Gasteiger charge is 2.20. The molecule has 1 atom stereocenters. The summed E-state index contributed by atoms with van der Waals surface area (Å²) in [5.74, 6) is 0.874. The number of rotatable bonds is 4. The van der Waals surface area contributed by atoms with Crippen LogP contribution in [0.4, 0.5) is 0 Å². The van der Waals surface area contributed by atoms with Crippen molar-refractivity contribution in [3.63, 3.8) is 0 Å². The van der Waals surface area contributed by atoms with E-state index in [1.807, 2.05) is 18.2 Å². The van der Waals surface area contributed by atoms with Gasteiger partial charge in [0.15, 0.2) is 0 Å². The van der Waals surface area contributed by atoms with E-state index in [0.29, 0.717) is 13.0 Å². The first-order valence-corrected chi connectivity index (χ1v) is 6.12. The molecule has 0 radical (unpaired) electrons. The maximum Gasteiger partial charge on any atom is 0.122 e. The molecule has 0 aromatic heterocycles. The van der Waals surface area contributed by atoms with E-state index in [0.717, 1.165) is 42.6 Å². The minimum absolute atomic E-state index is 0.346. The highest BCUT2D eigenvalue weighted by Crippen LogP contribution is 2.35. The Morgan fingerprint density at radius 2 is 2.35 bits per heavy atom. The lowest BCUT2D eigenvalue weighted by Crippen LogP contribution is -2.11. The topological polar surface area (TPSA) is 53.2 Å². The first-order chi connectivity index (χ1) is 8.33. The van der Waals surface area contributed by atoms with E-state index in [-0.39, 0.29) is 6.10 Å². The van der Waals surface area contributed by atoms with Gasteiger partial charge in [-0.2, -0.15) is 5.26 Å². The second-order valence-electron chi connectivity index (χ2n) is 4.34. The Hall–Kier alpha value is -1.53. The third-order valence-electron chi connectivity index (χ3n) is 3.12. The van der Waals surface area contributed by atoms with Gasteiger partial charge in [0, 0.05) is 6.42 Å². The van der Waals surface area contributed by atoms with Gasteiger partial charge in [0.1, 0.15) is 5.75 Å². The molecule has 0 amide bonds. The monoisotopic (exact) mass is 231 g/mol. The molecule has 0 spiro atoms. The lowest BCUT2D eigenvalue weighted by atomic mass is 9.89. The fourth-order valence-corrected chi connectivity index (χ4v) is 2.26. The van der Waals surface area contributed by atoms with E-state index < -0.39 is 0 Å². The Morgan fingerprint density at radius 1 is 1.47 bits per heavy atom. The molecule has 1 N–H and O–H groups in total. The predicted octanol–water partition coefficient (Wildman–Crippen LogP) is 2.74. The van der Waals surface area contributed by atoms with Crippen LogP contribution >= 0.6 is 0 Å². The van der Waals surface area contributed by atoms with E-state index >= 15 is 0 Å². The molecule has 3 heteroatoms. The van der Waals surface area contributed by atoms with Crippen molar-refractivity contribution in [2.24, 2.45) is 0 Å². The van der Waals surface area contributed by atoms with Crippen molar-refractivity contribution in [2.45, 2.75) is 38.2 Å². The highest BCUT2D eigenvalue weighted by molar-refractivity contribution is 5.42. The minimum atomic E-state index is -0.346. The first kappa shape index (κ1) is 11.9. The van der Waals surface area contributed by atoms with Gasteiger partial charge in [-0.25, -0.2) is 0 Å². The van der Waals surface area contributed by atoms with Gasteiger partial charge in [0.2, 0.25) is 0 Å². The minimum Gasteiger partial charge on any atom is -0.493 e. The normalized spacial score (nSPS) is 18.2. The Bertz CT molecular complexity index is 423. The smallest absolute Gasteiger partial charge is 0.122 e. The van der Waals surface area contributed by atoms with Crippen LogP contribution in [-0.4, -0.2) is 11.7 Å². The summed E-state index contributed by atoms with van der Waals surface area (Å²) in [4.78, 5) is 0. The number of aliphatic hydroxyl groups excluding tert-OH is 1. The molecule has 0 fully saturated rings. The van der Waals surface area contributed by atoms with E-state index in [4.69, 9.17) is 10.00 Å². The van der Waals surface area contributed by atoms with Gasteiger partial charge in [0.25, 0.3) is 0 Å². The molecule has 3 nitrogen and oxygen atoms in total. The van der Waals surface area contributed by atoms with E-state index in [2.05, 4.69) is 6.07 Å². The standard InChI is InChI=1S/C14H17NO2/c15-9-1-2-10-17-14-8-4-5-11-12(14)6-3-7-13(11)16/h4-5,8,13,16H,1-3,6-7,10H2. The second kappa shape index (κ2) is 5.70. The molecular formula is C14H17NO2. The Morgan fingerprint density at radius 3 is 3.18 bits per heavy atom. The number of ether oxygens (including phenoxy) is 1. The molecule has 1 aromatic rings. The summed E-state index contributed by atoms with van der Waals surface area (Å²) >= 11 is 0. The van der Waals surface area contributed by atoms with Gasteiger partial charge < -0.3 is 9.84 Å². The van der Waals surface area contributed by atoms with Crippen molar-refractivity contribution >= 4 is 0 Å². The summed E-state index contributed by atoms with van der Waals surface area (Å²) in [5, 5.41) is 18.3. The van der Waals surface area contributed by atoms with Crippen LogP contribution in [0.3, 0.4) is 0 Å². The van der Waals surface area contributed by atoms with Crippen LogP contribution in [0, 0.1) is 11.3 Å². The Balaban J connectivity index is 2.07. The molecule has 17 heavy (non-hydrogen) atoms. The maximum absolute atomic E-state index is 9.90. The van der Waals surface area contributed by atoms with Crippen molar-refractivity contribution in [3.05, 3.63) is 29.3 Å². The zero-order valence-corrected chi connectivity index (χ0v) is 9.85. The zero-order valence-electron chi connectivity index (χ0n) is 9.85. The van der Waals surface area contributed by atoms with Crippen molar-refractivity contribution in [1.82, 2.24) is 0 Å². The number of benzene rings is 1. The van der Waals surface area contributed by atoms with Gasteiger partial charge in [-0.1, -0.05) is 12.1 Å². The summed E-state index contributed by atoms with van der Waals surface area (Å²) in [6, 6.07) is 7.95. The average molecular weight is 231 g/mol. The van der Waals surface area contributed by atoms with Crippen LogP contribution in [0.2, 0.25) is 0 Å². The Kier molecular flexibility index (Phi) is 4.00. The first-order valence-electron chi connectivity index (χ1n) is 6.12. The number of unbranched alkanes of at least 4 members (excludes halogenated alkanes) is 1. The van der Waals surface area contributed by atoms with Gasteiger partial charge in [0.05, 0.1) is 18.8 Å². The number of aliphatic hydroxyl groups is 1. The predicted molar refractivity (Wildman–Crippen MR) is 64.7 cm³/mol. The molecule has 1 aromatic carbocycles. The van der Waals surface area contributed by atoms with Gasteiger partial charge in [-0.3, -0.25) is 0 Å². The Labute approximate surface area is 102 Å². The summed E-state index contributed by atoms with van der Waals surface area (Å²) in [6.45, 7) is 0.570. The number of fused-ring (bicyclic) bond motifs is 1. The molecule has 90 valence electrons. The molecule has 0 saturated heterocycles. The number of hydrogen-bond acceptors (Lipinski definition) is 3. The highest BCUT2D eigenvalue weighted by atomic mass is 16.5. The molecule has 0 heterocycles. The number of nitriles is 1. The molecule has 1 unspecified atom stereocenters. The second-order valence-corrected chi connectivity index (χ2v) is 4.34. The summed E-state index contributed by atoms with van der Waals surface area (Å²) in [7, 11) is 0. The SMILES string of the molecule is N#CCCCOc1cccc2c1CCCC2O. The molecular weight excluding hydrogens is 214 g/mol. The average Bonchev–Trinajstić information content (AvgIpc) is 2.36. The van der Waals surface area contributed by atoms with Crippen molar-refractivity contribution in [1.29, 1.82) is 5.26 Å². The van der Waals surface area contributed by atoms with Crippen LogP contribution in [0.15, 0.2) is 18.2 Å². The summed E-state index contributed by atoms with van der Waals surface area (Å²) < 4.78 is 5.69. The van der Waals surface area contributed by atoms with Gasteiger partial charge in [-0.05, 0) is 42.9 Å². The van der Waals surface area contributed by atoms with Crippen LogP contribution in [-0.2, 0) is 6.42 Å². The molecule has 0 bridgehead atoms. The molecule has 2 rings (SSSR count). The van der Waals surface area contributed by atoms with Crippen LogP contribution < -0.4 is 4.74 Å². The third-order valence-corrected chi connectivity index (χ3v) is 3.12. The van der Waals surface area contributed by atoms with Crippen LogP contribution in [0.5, 0.6) is 5.75 Å². The fourth-order valence-electron chi connectivity index (χ4n) is 2.26. The zero-order chi connectivity index (χ0) is 12.1. The van der Waals surface area contributed by atoms with Crippen molar-refractivity contribution in [3.8, 4) is 11.8 Å². The largest absolute Gasteiger partial charge is 0.493 e. The fraction of sp³-hybridized carbons (Fsp3) is 0.500. The summed E-state index contributed by atoms with van der Waals surface area (Å²) in [5.41, 5.74) is 2.15. The van der Waals surface area contributed by atoms with E-state index in [1.165, 1.54) is 0 Å². The van der Waals surface area contributed by atoms with Crippen molar-refractivity contribution in [2.75, 3.05) is 6.61 Å². The molecule has 0 saturated carbocycles. The molecule has 1 aliphatic rings. The maximum atomic E-state index is 9.90. The number of nitrogens with zero attached hydrogens (tertiary/aromatic N) is 1. The van der Waals surface area contributed by atoms with Crippen LogP contribution in [0.25, 0.3) is 0 Å². The lowest BCUT2D eigenvalue weighted by Gasteiger charge is -2.23. The molecule has 1 aliphatic carbocycles. The summed E-state index contributed by atoms with van der Waals surface area (Å²) in [6.07, 6.45) is 3.75. The van der Waals surface area contributed by atoms with E-state index in [9.17, 15) is 5.11 Å². The molecule has 0 aliphatic heterocycles. The van der Waals surface area contributed by atoms with Crippen molar-refractivity contribution < 1.29 is 9.84 Å². The third kappa shape index (κ3) is 2.78. The van der Waals surface area contributed by atoms with Gasteiger partial charge >= 0.3 is 0 Å². The lowest BCUT2D eigenvalue weighted by molar-refractivity contribution is 0.155. The quantitative estimate of drug-likeness (QED) is 0.811. The number of hydrogen-bond donors (Lipinski definition) is 1.